The number of fused-ring (bicyclic) bond motifs is 2. The van der Waals surface area contributed by atoms with E-state index in [1.165, 1.54) is 16.7 Å². The van der Waals surface area contributed by atoms with Crippen molar-refractivity contribution in [3.8, 4) is 0 Å². The molecule has 2 fully saturated rings. The molecule has 0 aliphatic carbocycles. The van der Waals surface area contributed by atoms with Crippen molar-refractivity contribution in [3.05, 3.63) is 107 Å². The zero-order valence-corrected chi connectivity index (χ0v) is 24.9. The second-order valence-corrected chi connectivity index (χ2v) is 12.3. The molecule has 2 N–H and O–H groups in total. The Hall–Kier alpha value is -4.76. The van der Waals surface area contributed by atoms with Crippen LogP contribution in [0.2, 0.25) is 0 Å². The Balaban J connectivity index is 0.877. The minimum atomic E-state index is -0.578. The standard InChI is InChI=1S/C35H36N6O3/c1-22(37-29-10-12-31-26(16-29)17-36-39(31)2)3-4-23-5-7-24(8-6-23)18-40-19-28(20-40)25-9-11-30-27(15-25)21-41(35(30)44)32-13-14-33(42)38-34(32)43/h5-12,15-17,28,32,37H,1,3-4,13-14,18-21H2,2H3,(H,38,42,43). The van der Waals surface area contributed by atoms with Crippen LogP contribution < -0.4 is 10.6 Å². The summed E-state index contributed by atoms with van der Waals surface area (Å²) in [6.07, 6.45) is 4.31. The van der Waals surface area contributed by atoms with Crippen LogP contribution in [0.5, 0.6) is 0 Å². The van der Waals surface area contributed by atoms with Gasteiger partial charge in [0.25, 0.3) is 5.91 Å². The molecule has 0 saturated carbocycles. The molecule has 7 rings (SSSR count). The van der Waals surface area contributed by atoms with Crippen molar-refractivity contribution in [1.82, 2.24) is 24.9 Å². The highest BCUT2D eigenvalue weighted by Crippen LogP contribution is 2.34. The largest absolute Gasteiger partial charge is 0.359 e. The number of anilines is 1. The summed E-state index contributed by atoms with van der Waals surface area (Å²) in [5.41, 5.74) is 8.59. The zero-order chi connectivity index (χ0) is 30.4. The van der Waals surface area contributed by atoms with E-state index in [0.717, 1.165) is 60.3 Å². The fraction of sp³-hybridized carbons (Fsp3) is 0.314. The number of benzene rings is 3. The van der Waals surface area contributed by atoms with Crippen LogP contribution in [-0.2, 0) is 36.1 Å². The molecule has 0 radical (unpaired) electrons. The molecular formula is C35H36N6O3. The van der Waals surface area contributed by atoms with Crippen molar-refractivity contribution < 1.29 is 14.4 Å². The lowest BCUT2D eigenvalue weighted by atomic mass is 9.89. The Morgan fingerprint density at radius 3 is 2.61 bits per heavy atom. The van der Waals surface area contributed by atoms with Gasteiger partial charge in [0.05, 0.1) is 11.7 Å². The van der Waals surface area contributed by atoms with Gasteiger partial charge < -0.3 is 10.2 Å². The molecule has 3 amide bonds. The number of carbonyl (C=O) groups excluding carboxylic acids is 3. The van der Waals surface area contributed by atoms with Crippen molar-refractivity contribution >= 4 is 34.3 Å². The van der Waals surface area contributed by atoms with Gasteiger partial charge in [-0.3, -0.25) is 29.3 Å². The Morgan fingerprint density at radius 2 is 1.82 bits per heavy atom. The SMILES string of the molecule is C=C(CCc1ccc(CN2CC(c3ccc4c(c3)CN(C3CCC(=O)NC3=O)C4=O)C2)cc1)Nc1ccc2c(cnn2C)c1. The van der Waals surface area contributed by atoms with Gasteiger partial charge >= 0.3 is 0 Å². The van der Waals surface area contributed by atoms with E-state index in [9.17, 15) is 14.4 Å². The quantitative estimate of drug-likeness (QED) is 0.280. The summed E-state index contributed by atoms with van der Waals surface area (Å²) < 4.78 is 1.87. The number of nitrogens with one attached hydrogen (secondary N) is 2. The minimum Gasteiger partial charge on any atom is -0.359 e. The molecule has 0 bridgehead atoms. The summed E-state index contributed by atoms with van der Waals surface area (Å²) in [6.45, 7) is 7.50. The van der Waals surface area contributed by atoms with Gasteiger partial charge in [-0.1, -0.05) is 43.0 Å². The van der Waals surface area contributed by atoms with E-state index in [1.54, 1.807) is 4.90 Å². The number of imide groups is 1. The van der Waals surface area contributed by atoms with Gasteiger partial charge in [-0.15, -0.1) is 0 Å². The monoisotopic (exact) mass is 588 g/mol. The molecule has 1 atom stereocenters. The number of piperidine rings is 1. The number of amides is 3. The summed E-state index contributed by atoms with van der Waals surface area (Å²) in [4.78, 5) is 40.9. The van der Waals surface area contributed by atoms with Gasteiger partial charge in [0.2, 0.25) is 11.8 Å². The van der Waals surface area contributed by atoms with E-state index in [0.29, 0.717) is 24.4 Å². The van der Waals surface area contributed by atoms with Crippen molar-refractivity contribution in [2.24, 2.45) is 7.05 Å². The highest BCUT2D eigenvalue weighted by molar-refractivity contribution is 6.05. The van der Waals surface area contributed by atoms with Gasteiger partial charge in [0, 0.05) is 67.9 Å². The number of aryl methyl sites for hydroxylation is 2. The number of aromatic nitrogens is 2. The molecule has 2 saturated heterocycles. The number of carbonyl (C=O) groups is 3. The van der Waals surface area contributed by atoms with Crippen LogP contribution in [0.25, 0.3) is 10.9 Å². The lowest BCUT2D eigenvalue weighted by Crippen LogP contribution is -2.52. The van der Waals surface area contributed by atoms with Crippen LogP contribution >= 0.6 is 0 Å². The van der Waals surface area contributed by atoms with Crippen molar-refractivity contribution in [1.29, 1.82) is 0 Å². The number of allylic oxidation sites excluding steroid dienone is 1. The van der Waals surface area contributed by atoms with Crippen LogP contribution in [0, 0.1) is 0 Å². The normalized spacial score (nSPS) is 18.8. The van der Waals surface area contributed by atoms with E-state index in [1.807, 2.05) is 24.0 Å². The Kier molecular flexibility index (Phi) is 7.26. The molecule has 3 aliphatic rings. The zero-order valence-electron chi connectivity index (χ0n) is 24.9. The maximum atomic E-state index is 13.0. The molecule has 224 valence electrons. The molecule has 3 aromatic carbocycles. The van der Waals surface area contributed by atoms with Crippen LogP contribution in [-0.4, -0.2) is 56.4 Å². The van der Waals surface area contributed by atoms with Crippen molar-refractivity contribution in [3.63, 3.8) is 0 Å². The summed E-state index contributed by atoms with van der Waals surface area (Å²) in [6, 6.07) is 20.6. The van der Waals surface area contributed by atoms with E-state index in [4.69, 9.17) is 0 Å². The van der Waals surface area contributed by atoms with Gasteiger partial charge in [-0.2, -0.15) is 5.10 Å². The molecule has 44 heavy (non-hydrogen) atoms. The van der Waals surface area contributed by atoms with Crippen LogP contribution in [0.4, 0.5) is 5.69 Å². The lowest BCUT2D eigenvalue weighted by molar-refractivity contribution is -0.136. The average molecular weight is 589 g/mol. The number of nitrogens with zero attached hydrogens (tertiary/aromatic N) is 4. The van der Waals surface area contributed by atoms with Crippen molar-refractivity contribution in [2.75, 3.05) is 18.4 Å². The van der Waals surface area contributed by atoms with Gasteiger partial charge in [0.1, 0.15) is 6.04 Å². The van der Waals surface area contributed by atoms with Crippen LogP contribution in [0.3, 0.4) is 0 Å². The third kappa shape index (κ3) is 5.51. The van der Waals surface area contributed by atoms with Crippen LogP contribution in [0.15, 0.2) is 79.1 Å². The second kappa shape index (κ2) is 11.4. The fourth-order valence-corrected chi connectivity index (χ4v) is 6.63. The third-order valence-electron chi connectivity index (χ3n) is 9.19. The Bertz CT molecular complexity index is 1790. The number of likely N-dealkylation sites (tertiary alicyclic amines) is 1. The average Bonchev–Trinajstić information content (AvgIpc) is 3.52. The first-order valence-corrected chi connectivity index (χ1v) is 15.2. The summed E-state index contributed by atoms with van der Waals surface area (Å²) in [5.74, 6) is -0.336. The predicted octanol–water partition coefficient (Wildman–Crippen LogP) is 4.49. The lowest BCUT2D eigenvalue weighted by Gasteiger charge is -2.39. The van der Waals surface area contributed by atoms with Crippen LogP contribution in [0.1, 0.15) is 57.8 Å². The van der Waals surface area contributed by atoms with Gasteiger partial charge in [-0.25, -0.2) is 0 Å². The molecule has 1 aromatic heterocycles. The number of rotatable bonds is 9. The summed E-state index contributed by atoms with van der Waals surface area (Å²) in [7, 11) is 1.95. The molecule has 9 nitrogen and oxygen atoms in total. The van der Waals surface area contributed by atoms with Crippen molar-refractivity contribution in [2.45, 2.75) is 50.7 Å². The Morgan fingerprint density at radius 1 is 1.02 bits per heavy atom. The van der Waals surface area contributed by atoms with E-state index < -0.39 is 6.04 Å². The molecule has 9 heteroatoms. The topological polar surface area (TPSA) is 99.6 Å². The molecule has 1 unspecified atom stereocenters. The van der Waals surface area contributed by atoms with E-state index >= 15 is 0 Å². The molecule has 3 aliphatic heterocycles. The third-order valence-corrected chi connectivity index (χ3v) is 9.19. The summed E-state index contributed by atoms with van der Waals surface area (Å²) in [5, 5.41) is 11.2. The molecule has 0 spiro atoms. The molecule has 4 heterocycles. The maximum Gasteiger partial charge on any atom is 0.255 e. The molecule has 4 aromatic rings. The van der Waals surface area contributed by atoms with E-state index in [-0.39, 0.29) is 24.1 Å². The Labute approximate surface area is 256 Å². The predicted molar refractivity (Wildman–Crippen MR) is 169 cm³/mol. The first kappa shape index (κ1) is 28.0. The smallest absolute Gasteiger partial charge is 0.255 e. The highest BCUT2D eigenvalue weighted by Gasteiger charge is 2.39. The first-order chi connectivity index (χ1) is 21.3. The summed E-state index contributed by atoms with van der Waals surface area (Å²) >= 11 is 0. The number of hydrogen-bond donors (Lipinski definition) is 2. The van der Waals surface area contributed by atoms with E-state index in [2.05, 4.69) is 81.8 Å². The first-order valence-electron chi connectivity index (χ1n) is 15.2. The van der Waals surface area contributed by atoms with Gasteiger partial charge in [-0.05, 0) is 65.8 Å². The molecular weight excluding hydrogens is 552 g/mol. The second-order valence-electron chi connectivity index (χ2n) is 12.3. The highest BCUT2D eigenvalue weighted by atomic mass is 16.2. The fourth-order valence-electron chi connectivity index (χ4n) is 6.63. The maximum absolute atomic E-state index is 13.0. The minimum absolute atomic E-state index is 0.122. The number of hydrogen-bond acceptors (Lipinski definition) is 6. The van der Waals surface area contributed by atoms with Gasteiger partial charge in [0.15, 0.2) is 0 Å².